The van der Waals surface area contributed by atoms with E-state index in [9.17, 15) is 9.59 Å². The highest BCUT2D eigenvalue weighted by atomic mass is 16.6. The van der Waals surface area contributed by atoms with Gasteiger partial charge in [-0.25, -0.2) is 9.59 Å². The molecular formula is C11H14O4. The Balaban J connectivity index is 2.28. The minimum Gasteiger partial charge on any atom is -0.466 e. The molecule has 0 amide bonds. The lowest BCUT2D eigenvalue weighted by molar-refractivity contribution is -0.150. The number of rotatable bonds is 1. The van der Waals surface area contributed by atoms with Crippen molar-refractivity contribution in [3.8, 4) is 0 Å². The van der Waals surface area contributed by atoms with E-state index in [0.29, 0.717) is 5.57 Å². The minimum absolute atomic E-state index is 0.398. The second kappa shape index (κ2) is 3.68. The number of hydrogen-bond acceptors (Lipinski definition) is 4. The molecule has 1 spiro atoms. The largest absolute Gasteiger partial charge is 0.466 e. The summed E-state index contributed by atoms with van der Waals surface area (Å²) in [6.07, 6.45) is 5.85. The third-order valence-electron chi connectivity index (χ3n) is 3.12. The average molecular weight is 210 g/mol. The molecule has 0 saturated heterocycles. The van der Waals surface area contributed by atoms with Gasteiger partial charge in [0.2, 0.25) is 0 Å². The molecule has 4 nitrogen and oxygen atoms in total. The molecule has 0 unspecified atom stereocenters. The first-order valence-corrected chi connectivity index (χ1v) is 5.21. The van der Waals surface area contributed by atoms with Crippen molar-refractivity contribution in [2.24, 2.45) is 0 Å². The molecular weight excluding hydrogens is 196 g/mol. The van der Waals surface area contributed by atoms with Crippen LogP contribution in [0.2, 0.25) is 0 Å². The van der Waals surface area contributed by atoms with Crippen molar-refractivity contribution in [3.63, 3.8) is 0 Å². The number of methoxy groups -OCH3 is 1. The number of carbonyl (C=O) groups is 2. The van der Waals surface area contributed by atoms with Gasteiger partial charge >= 0.3 is 11.9 Å². The van der Waals surface area contributed by atoms with Crippen molar-refractivity contribution in [1.29, 1.82) is 0 Å². The lowest BCUT2D eigenvalue weighted by Gasteiger charge is -2.33. The minimum atomic E-state index is -0.678. The zero-order chi connectivity index (χ0) is 10.9. The van der Waals surface area contributed by atoms with E-state index >= 15 is 0 Å². The summed E-state index contributed by atoms with van der Waals surface area (Å²) in [5.74, 6) is -0.861. The van der Waals surface area contributed by atoms with E-state index < -0.39 is 17.5 Å². The lowest BCUT2D eigenvalue weighted by atomic mass is 9.80. The average Bonchev–Trinajstić information content (AvgIpc) is 2.55. The standard InChI is InChI=1S/C11H14O4/c1-14-10(13)8-7-9(12)15-11(8)5-3-2-4-6-11/h7H,2-6H2,1H3. The summed E-state index contributed by atoms with van der Waals surface area (Å²) >= 11 is 0. The predicted octanol–water partition coefficient (Wildman–Crippen LogP) is 1.35. The van der Waals surface area contributed by atoms with E-state index in [4.69, 9.17) is 4.74 Å². The van der Waals surface area contributed by atoms with Crippen LogP contribution in [0.1, 0.15) is 32.1 Å². The third-order valence-corrected chi connectivity index (χ3v) is 3.12. The molecule has 0 aromatic heterocycles. The maximum absolute atomic E-state index is 11.5. The van der Waals surface area contributed by atoms with E-state index in [0.717, 1.165) is 32.1 Å². The Hall–Kier alpha value is -1.32. The van der Waals surface area contributed by atoms with E-state index in [1.807, 2.05) is 0 Å². The van der Waals surface area contributed by atoms with E-state index in [2.05, 4.69) is 4.74 Å². The Morgan fingerprint density at radius 1 is 1.40 bits per heavy atom. The Labute approximate surface area is 88.2 Å². The van der Waals surface area contributed by atoms with Crippen LogP contribution in [0.4, 0.5) is 0 Å². The molecule has 2 aliphatic rings. The van der Waals surface area contributed by atoms with Crippen molar-refractivity contribution in [1.82, 2.24) is 0 Å². The first-order valence-electron chi connectivity index (χ1n) is 5.21. The summed E-state index contributed by atoms with van der Waals surface area (Å²) in [6, 6.07) is 0. The SMILES string of the molecule is COC(=O)C1=CC(=O)OC12CCCCC2. The quantitative estimate of drug-likeness (QED) is 0.613. The highest BCUT2D eigenvalue weighted by molar-refractivity contribution is 6.01. The molecule has 0 aromatic rings. The molecule has 0 radical (unpaired) electrons. The second-order valence-corrected chi connectivity index (χ2v) is 4.03. The molecule has 82 valence electrons. The predicted molar refractivity (Wildman–Crippen MR) is 52.0 cm³/mol. The van der Waals surface area contributed by atoms with E-state index in [1.165, 1.54) is 13.2 Å². The fourth-order valence-electron chi connectivity index (χ4n) is 2.38. The molecule has 1 aliphatic heterocycles. The van der Waals surface area contributed by atoms with Crippen LogP contribution in [0.25, 0.3) is 0 Å². The van der Waals surface area contributed by atoms with Crippen LogP contribution in [-0.4, -0.2) is 24.6 Å². The van der Waals surface area contributed by atoms with Gasteiger partial charge in [0, 0.05) is 6.08 Å². The van der Waals surface area contributed by atoms with Gasteiger partial charge in [-0.2, -0.15) is 0 Å². The van der Waals surface area contributed by atoms with Crippen molar-refractivity contribution in [2.45, 2.75) is 37.7 Å². The summed E-state index contributed by atoms with van der Waals surface area (Å²) in [6.45, 7) is 0. The highest BCUT2D eigenvalue weighted by Gasteiger charge is 2.47. The van der Waals surface area contributed by atoms with E-state index in [-0.39, 0.29) is 0 Å². The number of ether oxygens (including phenoxy) is 2. The van der Waals surface area contributed by atoms with Crippen LogP contribution in [0, 0.1) is 0 Å². The van der Waals surface area contributed by atoms with Gasteiger partial charge in [0.15, 0.2) is 0 Å². The smallest absolute Gasteiger partial charge is 0.338 e. The topological polar surface area (TPSA) is 52.6 Å². The zero-order valence-electron chi connectivity index (χ0n) is 8.75. The second-order valence-electron chi connectivity index (χ2n) is 4.03. The first-order chi connectivity index (χ1) is 7.18. The number of esters is 2. The molecule has 0 atom stereocenters. The fraction of sp³-hybridized carbons (Fsp3) is 0.636. The Kier molecular flexibility index (Phi) is 2.50. The lowest BCUT2D eigenvalue weighted by Crippen LogP contribution is -2.37. The summed E-state index contributed by atoms with van der Waals surface area (Å²) < 4.78 is 9.96. The molecule has 0 N–H and O–H groups in total. The molecule has 2 rings (SSSR count). The molecule has 1 fully saturated rings. The van der Waals surface area contributed by atoms with Crippen molar-refractivity contribution >= 4 is 11.9 Å². The van der Waals surface area contributed by atoms with Gasteiger partial charge in [-0.3, -0.25) is 0 Å². The highest BCUT2D eigenvalue weighted by Crippen LogP contribution is 2.41. The van der Waals surface area contributed by atoms with Gasteiger partial charge < -0.3 is 9.47 Å². The Morgan fingerprint density at radius 2 is 2.07 bits per heavy atom. The fourth-order valence-corrected chi connectivity index (χ4v) is 2.38. The monoisotopic (exact) mass is 210 g/mol. The van der Waals surface area contributed by atoms with Crippen molar-refractivity contribution in [2.75, 3.05) is 7.11 Å². The van der Waals surface area contributed by atoms with Gasteiger partial charge in [0.1, 0.15) is 5.60 Å². The maximum atomic E-state index is 11.5. The summed E-state index contributed by atoms with van der Waals surface area (Å²) in [4.78, 5) is 22.8. The van der Waals surface area contributed by atoms with Crippen molar-refractivity contribution in [3.05, 3.63) is 11.6 Å². The summed E-state index contributed by atoms with van der Waals surface area (Å²) in [5.41, 5.74) is -0.280. The normalized spacial score (nSPS) is 23.5. The molecule has 15 heavy (non-hydrogen) atoms. The van der Waals surface area contributed by atoms with Crippen molar-refractivity contribution < 1.29 is 19.1 Å². The Bertz CT molecular complexity index is 323. The van der Waals surface area contributed by atoms with Crippen LogP contribution in [-0.2, 0) is 19.1 Å². The van der Waals surface area contributed by atoms with Gasteiger partial charge in [0.25, 0.3) is 0 Å². The first kappa shape index (κ1) is 10.2. The zero-order valence-corrected chi connectivity index (χ0v) is 8.75. The summed E-state index contributed by atoms with van der Waals surface area (Å²) in [5, 5.41) is 0. The molecule has 0 bridgehead atoms. The van der Waals surface area contributed by atoms with Gasteiger partial charge in [-0.1, -0.05) is 6.42 Å². The third kappa shape index (κ3) is 1.64. The van der Waals surface area contributed by atoms with Gasteiger partial charge in [-0.05, 0) is 25.7 Å². The van der Waals surface area contributed by atoms with Crippen LogP contribution in [0.5, 0.6) is 0 Å². The molecule has 4 heteroatoms. The molecule has 1 heterocycles. The van der Waals surface area contributed by atoms with Crippen LogP contribution in [0.3, 0.4) is 0 Å². The molecule has 0 aromatic carbocycles. The maximum Gasteiger partial charge on any atom is 0.338 e. The van der Waals surface area contributed by atoms with Gasteiger partial charge in [-0.15, -0.1) is 0 Å². The number of carbonyl (C=O) groups excluding carboxylic acids is 2. The summed E-state index contributed by atoms with van der Waals surface area (Å²) in [7, 11) is 1.32. The van der Waals surface area contributed by atoms with Crippen LogP contribution < -0.4 is 0 Å². The number of hydrogen-bond donors (Lipinski definition) is 0. The molecule has 1 saturated carbocycles. The van der Waals surface area contributed by atoms with Crippen LogP contribution >= 0.6 is 0 Å². The Morgan fingerprint density at radius 3 is 2.67 bits per heavy atom. The van der Waals surface area contributed by atoms with Crippen LogP contribution in [0.15, 0.2) is 11.6 Å². The van der Waals surface area contributed by atoms with Gasteiger partial charge in [0.05, 0.1) is 12.7 Å². The van der Waals surface area contributed by atoms with E-state index in [1.54, 1.807) is 0 Å². The molecule has 1 aliphatic carbocycles.